The molecular formula is C10H5F7. The third-order valence-electron chi connectivity index (χ3n) is 2.70. The molecule has 7 heteroatoms. The van der Waals surface area contributed by atoms with E-state index in [1.807, 2.05) is 0 Å². The first-order valence-corrected chi connectivity index (χ1v) is 4.51. The summed E-state index contributed by atoms with van der Waals surface area (Å²) in [5.41, 5.74) is -2.50. The van der Waals surface area contributed by atoms with Crippen molar-refractivity contribution in [1.29, 1.82) is 0 Å². The van der Waals surface area contributed by atoms with E-state index in [1.54, 1.807) is 0 Å². The molecule has 0 fully saturated rings. The summed E-state index contributed by atoms with van der Waals surface area (Å²) < 4.78 is 91.5. The molecule has 0 bridgehead atoms. The molecule has 0 spiro atoms. The standard InChI is InChI=1S/C10H5F7/c11-7-5-3-1-2-4-6(5)8(12,13)10(16,17)9(7,14)15/h1-4,7H. The second kappa shape index (κ2) is 3.14. The van der Waals surface area contributed by atoms with Gasteiger partial charge in [0.05, 0.1) is 0 Å². The molecule has 0 aromatic heterocycles. The molecule has 1 aromatic carbocycles. The van der Waals surface area contributed by atoms with E-state index in [4.69, 9.17) is 0 Å². The summed E-state index contributed by atoms with van der Waals surface area (Å²) in [5, 5.41) is 0. The van der Waals surface area contributed by atoms with Gasteiger partial charge in [-0.25, -0.2) is 4.39 Å². The Morgan fingerprint density at radius 1 is 0.882 bits per heavy atom. The van der Waals surface area contributed by atoms with Crippen molar-refractivity contribution in [2.45, 2.75) is 23.9 Å². The van der Waals surface area contributed by atoms with Crippen LogP contribution in [0.2, 0.25) is 0 Å². The monoisotopic (exact) mass is 258 g/mol. The molecule has 1 atom stereocenters. The van der Waals surface area contributed by atoms with E-state index in [0.717, 1.165) is 12.1 Å². The van der Waals surface area contributed by atoms with E-state index < -0.39 is 35.1 Å². The molecule has 0 amide bonds. The van der Waals surface area contributed by atoms with Gasteiger partial charge in [0.15, 0.2) is 6.17 Å². The maximum atomic E-state index is 13.2. The highest BCUT2D eigenvalue weighted by Crippen LogP contribution is 2.61. The van der Waals surface area contributed by atoms with Gasteiger partial charge in [0.1, 0.15) is 0 Å². The number of hydrogen-bond acceptors (Lipinski definition) is 0. The summed E-state index contributed by atoms with van der Waals surface area (Å²) >= 11 is 0. The van der Waals surface area contributed by atoms with Crippen molar-refractivity contribution in [1.82, 2.24) is 0 Å². The average molecular weight is 258 g/mol. The van der Waals surface area contributed by atoms with Gasteiger partial charge in [-0.1, -0.05) is 24.3 Å². The SMILES string of the molecule is FC1c2ccccc2C(F)(F)C(F)(F)C1(F)F. The Morgan fingerprint density at radius 3 is 2.00 bits per heavy atom. The van der Waals surface area contributed by atoms with Gasteiger partial charge in [0, 0.05) is 11.1 Å². The van der Waals surface area contributed by atoms with Crippen LogP contribution in [-0.4, -0.2) is 11.8 Å². The molecule has 17 heavy (non-hydrogen) atoms. The smallest absolute Gasteiger partial charge is 0.235 e. The molecule has 0 heterocycles. The van der Waals surface area contributed by atoms with Gasteiger partial charge < -0.3 is 0 Å². The molecule has 1 unspecified atom stereocenters. The Balaban J connectivity index is 2.76. The number of rotatable bonds is 0. The van der Waals surface area contributed by atoms with Crippen LogP contribution in [0.5, 0.6) is 0 Å². The molecular weight excluding hydrogens is 253 g/mol. The molecule has 1 aromatic rings. The fourth-order valence-electron chi connectivity index (χ4n) is 1.74. The minimum Gasteiger partial charge on any atom is -0.235 e. The van der Waals surface area contributed by atoms with Crippen molar-refractivity contribution in [3.05, 3.63) is 35.4 Å². The van der Waals surface area contributed by atoms with Crippen molar-refractivity contribution in [3.63, 3.8) is 0 Å². The topological polar surface area (TPSA) is 0 Å². The highest BCUT2D eigenvalue weighted by molar-refractivity contribution is 5.40. The highest BCUT2D eigenvalue weighted by Gasteiger charge is 2.78. The molecule has 0 radical (unpaired) electrons. The first-order valence-electron chi connectivity index (χ1n) is 4.51. The third-order valence-corrected chi connectivity index (χ3v) is 2.70. The fourth-order valence-corrected chi connectivity index (χ4v) is 1.74. The summed E-state index contributed by atoms with van der Waals surface area (Å²) in [6.45, 7) is 0. The Hall–Kier alpha value is -1.27. The van der Waals surface area contributed by atoms with E-state index in [2.05, 4.69) is 0 Å². The zero-order valence-corrected chi connectivity index (χ0v) is 8.03. The van der Waals surface area contributed by atoms with E-state index in [9.17, 15) is 30.7 Å². The number of alkyl halides is 7. The molecule has 94 valence electrons. The molecule has 1 aliphatic rings. The molecule has 2 rings (SSSR count). The lowest BCUT2D eigenvalue weighted by Gasteiger charge is -2.40. The zero-order valence-electron chi connectivity index (χ0n) is 8.03. The van der Waals surface area contributed by atoms with Gasteiger partial charge in [-0.2, -0.15) is 26.3 Å². The van der Waals surface area contributed by atoms with Crippen LogP contribution in [0.15, 0.2) is 24.3 Å². The summed E-state index contributed by atoms with van der Waals surface area (Å²) in [5.74, 6) is -16.3. The third kappa shape index (κ3) is 1.25. The van der Waals surface area contributed by atoms with Crippen molar-refractivity contribution in [3.8, 4) is 0 Å². The predicted molar refractivity (Wildman–Crippen MR) is 44.1 cm³/mol. The van der Waals surface area contributed by atoms with Crippen molar-refractivity contribution in [2.75, 3.05) is 0 Å². The van der Waals surface area contributed by atoms with Gasteiger partial charge >= 0.3 is 17.8 Å². The lowest BCUT2D eigenvalue weighted by molar-refractivity contribution is -0.341. The van der Waals surface area contributed by atoms with Crippen LogP contribution in [0.3, 0.4) is 0 Å². The molecule has 0 N–H and O–H groups in total. The molecule has 0 saturated carbocycles. The van der Waals surface area contributed by atoms with Gasteiger partial charge in [0.2, 0.25) is 0 Å². The summed E-state index contributed by atoms with van der Waals surface area (Å²) in [6.07, 6.45) is -3.45. The fraction of sp³-hybridized carbons (Fsp3) is 0.400. The van der Waals surface area contributed by atoms with Gasteiger partial charge in [-0.3, -0.25) is 0 Å². The average Bonchev–Trinajstić information content (AvgIpc) is 2.26. The van der Waals surface area contributed by atoms with Crippen LogP contribution in [0.25, 0.3) is 0 Å². The second-order valence-corrected chi connectivity index (χ2v) is 3.72. The second-order valence-electron chi connectivity index (χ2n) is 3.72. The van der Waals surface area contributed by atoms with Crippen molar-refractivity contribution < 1.29 is 30.7 Å². The van der Waals surface area contributed by atoms with Crippen molar-refractivity contribution >= 4 is 0 Å². The lowest BCUT2D eigenvalue weighted by Crippen LogP contribution is -2.58. The summed E-state index contributed by atoms with van der Waals surface area (Å²) in [4.78, 5) is 0. The largest absolute Gasteiger partial charge is 0.379 e. The predicted octanol–water partition coefficient (Wildman–Crippen LogP) is 4.07. The van der Waals surface area contributed by atoms with Gasteiger partial charge in [0.25, 0.3) is 0 Å². The van der Waals surface area contributed by atoms with E-state index in [0.29, 0.717) is 12.1 Å². The maximum Gasteiger partial charge on any atom is 0.379 e. The quantitative estimate of drug-likeness (QED) is 0.615. The molecule has 0 saturated heterocycles. The lowest BCUT2D eigenvalue weighted by atomic mass is 9.82. The molecule has 1 aliphatic carbocycles. The maximum absolute atomic E-state index is 13.2. The van der Waals surface area contributed by atoms with E-state index in [1.165, 1.54) is 0 Å². The van der Waals surface area contributed by atoms with Crippen LogP contribution < -0.4 is 0 Å². The number of fused-ring (bicyclic) bond motifs is 1. The highest BCUT2D eigenvalue weighted by atomic mass is 19.3. The minimum atomic E-state index is -5.76. The minimum absolute atomic E-state index is 0.519. The normalized spacial score (nSPS) is 28.5. The zero-order chi connectivity index (χ0) is 13.1. The van der Waals surface area contributed by atoms with Crippen LogP contribution in [-0.2, 0) is 5.92 Å². The molecule has 0 nitrogen and oxygen atoms in total. The molecule has 0 aliphatic heterocycles. The Kier molecular flexibility index (Phi) is 2.25. The first kappa shape index (κ1) is 12.2. The van der Waals surface area contributed by atoms with Crippen LogP contribution in [0.4, 0.5) is 30.7 Å². The van der Waals surface area contributed by atoms with E-state index in [-0.39, 0.29) is 0 Å². The van der Waals surface area contributed by atoms with Gasteiger partial charge in [-0.05, 0) is 0 Å². The van der Waals surface area contributed by atoms with E-state index >= 15 is 0 Å². The van der Waals surface area contributed by atoms with Crippen LogP contribution in [0, 0.1) is 0 Å². The Labute approximate surface area is 91.0 Å². The first-order chi connectivity index (χ1) is 7.64. The summed E-state index contributed by atoms with van der Waals surface area (Å²) in [7, 11) is 0. The number of hydrogen-bond donors (Lipinski definition) is 0. The number of benzene rings is 1. The number of halogens is 7. The van der Waals surface area contributed by atoms with Crippen LogP contribution >= 0.6 is 0 Å². The Bertz CT molecular complexity index is 452. The Morgan fingerprint density at radius 2 is 1.41 bits per heavy atom. The summed E-state index contributed by atoms with van der Waals surface area (Å²) in [6, 6.07) is 3.15. The van der Waals surface area contributed by atoms with Gasteiger partial charge in [-0.15, -0.1) is 0 Å². The van der Waals surface area contributed by atoms with Crippen LogP contribution in [0.1, 0.15) is 17.3 Å². The van der Waals surface area contributed by atoms with Crippen molar-refractivity contribution in [2.24, 2.45) is 0 Å².